The molecule has 2 rings (SSSR count). The Bertz CT molecular complexity index is 453. The molecule has 1 amide bonds. The van der Waals surface area contributed by atoms with E-state index >= 15 is 0 Å². The molecule has 0 aliphatic carbocycles. The molecule has 1 aromatic rings. The van der Waals surface area contributed by atoms with E-state index in [1.54, 1.807) is 6.07 Å². The smallest absolute Gasteiger partial charge is 0.407 e. The number of amides is 1. The third kappa shape index (κ3) is 2.64. The predicted molar refractivity (Wildman–Crippen MR) is 67.0 cm³/mol. The summed E-state index contributed by atoms with van der Waals surface area (Å²) < 4.78 is 17.7. The molecule has 0 spiro atoms. The van der Waals surface area contributed by atoms with Crippen molar-refractivity contribution in [2.75, 3.05) is 30.8 Å². The van der Waals surface area contributed by atoms with Crippen molar-refractivity contribution in [2.24, 2.45) is 0 Å². The van der Waals surface area contributed by atoms with Gasteiger partial charge in [0.05, 0.1) is 24.5 Å². The van der Waals surface area contributed by atoms with Crippen molar-refractivity contribution in [1.29, 1.82) is 0 Å². The number of methoxy groups -OCH3 is 1. The molecule has 3 N–H and O–H groups in total. The van der Waals surface area contributed by atoms with Gasteiger partial charge in [0.2, 0.25) is 0 Å². The van der Waals surface area contributed by atoms with Crippen molar-refractivity contribution in [1.82, 2.24) is 5.32 Å². The molecule has 0 radical (unpaired) electrons. The molecule has 18 heavy (non-hydrogen) atoms. The number of nitrogens with one attached hydrogen (secondary N) is 1. The molecule has 5 nitrogen and oxygen atoms in total. The Balaban J connectivity index is 2.04. The van der Waals surface area contributed by atoms with Gasteiger partial charge in [-0.25, -0.2) is 9.18 Å². The molecule has 1 aliphatic heterocycles. The van der Waals surface area contributed by atoms with E-state index in [1.807, 2.05) is 4.90 Å². The van der Waals surface area contributed by atoms with Crippen LogP contribution in [0.3, 0.4) is 0 Å². The van der Waals surface area contributed by atoms with Crippen LogP contribution in [0.15, 0.2) is 18.2 Å². The van der Waals surface area contributed by atoms with Gasteiger partial charge in [0, 0.05) is 13.1 Å². The fourth-order valence-corrected chi connectivity index (χ4v) is 2.11. The third-order valence-corrected chi connectivity index (χ3v) is 3.03. The van der Waals surface area contributed by atoms with E-state index in [2.05, 4.69) is 10.1 Å². The van der Waals surface area contributed by atoms with E-state index in [1.165, 1.54) is 19.2 Å². The van der Waals surface area contributed by atoms with Gasteiger partial charge in [0.15, 0.2) is 0 Å². The van der Waals surface area contributed by atoms with Crippen molar-refractivity contribution in [3.8, 4) is 0 Å². The quantitative estimate of drug-likeness (QED) is 0.780. The fourth-order valence-electron chi connectivity index (χ4n) is 2.11. The number of rotatable bonds is 2. The van der Waals surface area contributed by atoms with Crippen LogP contribution in [0.2, 0.25) is 0 Å². The molecule has 1 atom stereocenters. The highest BCUT2D eigenvalue weighted by Crippen LogP contribution is 2.27. The lowest BCUT2D eigenvalue weighted by atomic mass is 10.2. The van der Waals surface area contributed by atoms with Crippen molar-refractivity contribution in [3.05, 3.63) is 24.0 Å². The van der Waals surface area contributed by atoms with Crippen molar-refractivity contribution < 1.29 is 13.9 Å². The summed E-state index contributed by atoms with van der Waals surface area (Å²) in [5.74, 6) is -0.316. The first kappa shape index (κ1) is 12.5. The molecule has 0 saturated carbocycles. The van der Waals surface area contributed by atoms with Gasteiger partial charge >= 0.3 is 6.09 Å². The summed E-state index contributed by atoms with van der Waals surface area (Å²) >= 11 is 0. The minimum atomic E-state index is -0.450. The van der Waals surface area contributed by atoms with Crippen molar-refractivity contribution >= 4 is 17.5 Å². The van der Waals surface area contributed by atoms with Crippen LogP contribution in [0.4, 0.5) is 20.6 Å². The van der Waals surface area contributed by atoms with Gasteiger partial charge in [0.25, 0.3) is 0 Å². The number of nitrogen functional groups attached to an aromatic ring is 1. The van der Waals surface area contributed by atoms with Crippen LogP contribution in [0, 0.1) is 5.82 Å². The predicted octanol–water partition coefficient (Wildman–Crippen LogP) is 1.34. The molecular formula is C12H16FN3O2. The highest BCUT2D eigenvalue weighted by atomic mass is 19.1. The van der Waals surface area contributed by atoms with Crippen molar-refractivity contribution in [3.63, 3.8) is 0 Å². The van der Waals surface area contributed by atoms with Gasteiger partial charge in [-0.2, -0.15) is 0 Å². The highest BCUT2D eigenvalue weighted by Gasteiger charge is 2.25. The molecule has 6 heteroatoms. The Kier molecular flexibility index (Phi) is 3.55. The van der Waals surface area contributed by atoms with Gasteiger partial charge < -0.3 is 20.7 Å². The normalized spacial score (nSPS) is 18.8. The fraction of sp³-hybridized carbons (Fsp3) is 0.417. The number of benzene rings is 1. The second kappa shape index (κ2) is 5.12. The van der Waals surface area contributed by atoms with Crippen LogP contribution < -0.4 is 16.0 Å². The molecule has 0 aromatic heterocycles. The number of alkyl carbamates (subject to hydrolysis) is 1. The molecule has 0 bridgehead atoms. The van der Waals surface area contributed by atoms with Crippen molar-refractivity contribution in [2.45, 2.75) is 12.5 Å². The maximum absolute atomic E-state index is 13.2. The number of ether oxygens (including phenoxy) is 1. The van der Waals surface area contributed by atoms with Gasteiger partial charge in [0.1, 0.15) is 5.82 Å². The number of anilines is 2. The average Bonchev–Trinajstić information content (AvgIpc) is 2.80. The minimum Gasteiger partial charge on any atom is -0.453 e. The second-order valence-electron chi connectivity index (χ2n) is 4.27. The zero-order valence-electron chi connectivity index (χ0n) is 10.1. The summed E-state index contributed by atoms with van der Waals surface area (Å²) in [6.07, 6.45) is 0.333. The SMILES string of the molecule is COC(=O)NC1CCN(c2cc(F)ccc2N)C1. The summed E-state index contributed by atoms with van der Waals surface area (Å²) in [6, 6.07) is 4.29. The van der Waals surface area contributed by atoms with Crippen LogP contribution in [0.5, 0.6) is 0 Å². The number of nitrogens with zero attached hydrogens (tertiary/aromatic N) is 1. The third-order valence-electron chi connectivity index (χ3n) is 3.03. The Morgan fingerprint density at radius 1 is 1.61 bits per heavy atom. The molecule has 1 unspecified atom stereocenters. The second-order valence-corrected chi connectivity index (χ2v) is 4.27. The molecule has 1 heterocycles. The number of hydrogen-bond donors (Lipinski definition) is 2. The molecule has 98 valence electrons. The topological polar surface area (TPSA) is 67.6 Å². The number of hydrogen-bond acceptors (Lipinski definition) is 4. The van der Waals surface area contributed by atoms with Crippen LogP contribution in [-0.4, -0.2) is 32.3 Å². The maximum atomic E-state index is 13.2. The number of carbonyl (C=O) groups excluding carboxylic acids is 1. The Morgan fingerprint density at radius 3 is 3.11 bits per heavy atom. The zero-order valence-corrected chi connectivity index (χ0v) is 10.1. The highest BCUT2D eigenvalue weighted by molar-refractivity contribution is 5.70. The molecule has 1 aliphatic rings. The van der Waals surface area contributed by atoms with Gasteiger partial charge in [-0.15, -0.1) is 0 Å². The summed E-state index contributed by atoms with van der Waals surface area (Å²) in [5.41, 5.74) is 7.03. The maximum Gasteiger partial charge on any atom is 0.407 e. The van der Waals surface area contributed by atoms with Gasteiger partial charge in [-0.1, -0.05) is 0 Å². The lowest BCUT2D eigenvalue weighted by molar-refractivity contribution is 0.167. The van der Waals surface area contributed by atoms with E-state index in [4.69, 9.17) is 5.73 Å². The van der Waals surface area contributed by atoms with E-state index in [0.29, 0.717) is 17.9 Å². The van der Waals surface area contributed by atoms with E-state index in [0.717, 1.165) is 13.0 Å². The Morgan fingerprint density at radius 2 is 2.39 bits per heavy atom. The standard InChI is InChI=1S/C12H16FN3O2/c1-18-12(17)15-9-4-5-16(7-9)11-6-8(13)2-3-10(11)14/h2-3,6,9H,4-5,7,14H2,1H3,(H,15,17). The lowest BCUT2D eigenvalue weighted by Crippen LogP contribution is -2.37. The average molecular weight is 253 g/mol. The first-order valence-corrected chi connectivity index (χ1v) is 5.74. The summed E-state index contributed by atoms with van der Waals surface area (Å²) in [7, 11) is 1.33. The van der Waals surface area contributed by atoms with E-state index in [-0.39, 0.29) is 11.9 Å². The number of nitrogens with two attached hydrogens (primary N) is 1. The largest absolute Gasteiger partial charge is 0.453 e. The summed E-state index contributed by atoms with van der Waals surface area (Å²) in [4.78, 5) is 13.1. The van der Waals surface area contributed by atoms with Gasteiger partial charge in [-0.3, -0.25) is 0 Å². The minimum absolute atomic E-state index is 0.000109. The van der Waals surface area contributed by atoms with Crippen LogP contribution in [0.25, 0.3) is 0 Å². The Hall–Kier alpha value is -1.98. The summed E-state index contributed by atoms with van der Waals surface area (Å²) in [5, 5.41) is 2.72. The zero-order chi connectivity index (χ0) is 13.1. The molecule has 1 aromatic carbocycles. The Labute approximate surface area is 105 Å². The number of carbonyl (C=O) groups is 1. The molecular weight excluding hydrogens is 237 g/mol. The number of halogens is 1. The van der Waals surface area contributed by atoms with Crippen LogP contribution >= 0.6 is 0 Å². The monoisotopic (exact) mass is 253 g/mol. The van der Waals surface area contributed by atoms with Gasteiger partial charge in [-0.05, 0) is 24.6 Å². The molecule has 1 fully saturated rings. The van der Waals surface area contributed by atoms with E-state index < -0.39 is 6.09 Å². The first-order chi connectivity index (χ1) is 8.60. The van der Waals surface area contributed by atoms with Crippen LogP contribution in [-0.2, 0) is 4.74 Å². The lowest BCUT2D eigenvalue weighted by Gasteiger charge is -2.20. The van der Waals surface area contributed by atoms with E-state index in [9.17, 15) is 9.18 Å². The molecule has 1 saturated heterocycles. The van der Waals surface area contributed by atoms with Crippen LogP contribution in [0.1, 0.15) is 6.42 Å². The summed E-state index contributed by atoms with van der Waals surface area (Å²) in [6.45, 7) is 1.32. The first-order valence-electron chi connectivity index (χ1n) is 5.74.